The number of carbonyl (C=O) groups excluding carboxylic acids is 2. The molecule has 2 aromatic rings. The Hall–Kier alpha value is -3.07. The van der Waals surface area contributed by atoms with Gasteiger partial charge >= 0.3 is 5.97 Å². The van der Waals surface area contributed by atoms with Gasteiger partial charge in [-0.25, -0.2) is 9.78 Å². The van der Waals surface area contributed by atoms with Crippen molar-refractivity contribution in [1.82, 2.24) is 9.97 Å². The Balaban J connectivity index is 1.98. The minimum Gasteiger partial charge on any atom is -0.451 e. The lowest BCUT2D eigenvalue weighted by Gasteiger charge is -2.07. The molecule has 0 saturated carbocycles. The number of amides is 1. The first kappa shape index (κ1) is 17.3. The third-order valence-electron chi connectivity index (χ3n) is 2.75. The molecule has 0 aliphatic carbocycles. The van der Waals surface area contributed by atoms with Gasteiger partial charge in [0.15, 0.2) is 12.3 Å². The van der Waals surface area contributed by atoms with Crippen molar-refractivity contribution in [2.75, 3.05) is 11.9 Å². The van der Waals surface area contributed by atoms with Crippen molar-refractivity contribution in [3.8, 4) is 0 Å². The summed E-state index contributed by atoms with van der Waals surface area (Å²) in [5.41, 5.74) is 0.150. The maximum absolute atomic E-state index is 11.8. The van der Waals surface area contributed by atoms with Crippen LogP contribution in [0.1, 0.15) is 16.2 Å². The molecule has 0 radical (unpaired) electrons. The second-order valence-electron chi connectivity index (χ2n) is 4.59. The quantitative estimate of drug-likeness (QED) is 0.497. The van der Waals surface area contributed by atoms with Crippen LogP contribution in [0.2, 0.25) is 5.02 Å². The summed E-state index contributed by atoms with van der Waals surface area (Å²) in [7, 11) is 0. The van der Waals surface area contributed by atoms with Gasteiger partial charge in [0.25, 0.3) is 11.6 Å². The number of aryl methyl sites for hydroxylation is 1. The zero-order valence-electron chi connectivity index (χ0n) is 12.4. The fourth-order valence-electron chi connectivity index (χ4n) is 1.65. The van der Waals surface area contributed by atoms with Gasteiger partial charge in [0.1, 0.15) is 5.69 Å². The molecule has 0 atom stereocenters. The molecule has 0 bridgehead atoms. The zero-order valence-corrected chi connectivity index (χ0v) is 13.1. The minimum absolute atomic E-state index is 0.0501. The molecule has 10 heteroatoms. The number of hydrogen-bond acceptors (Lipinski definition) is 7. The van der Waals surface area contributed by atoms with Gasteiger partial charge in [0.2, 0.25) is 0 Å². The van der Waals surface area contributed by atoms with E-state index in [9.17, 15) is 19.7 Å². The molecule has 9 nitrogen and oxygen atoms in total. The van der Waals surface area contributed by atoms with Gasteiger partial charge in [-0.1, -0.05) is 11.6 Å². The second-order valence-corrected chi connectivity index (χ2v) is 5.02. The van der Waals surface area contributed by atoms with Crippen LogP contribution < -0.4 is 5.32 Å². The molecule has 0 aliphatic rings. The molecular weight excluding hydrogens is 340 g/mol. The number of nitrogens with zero attached hydrogens (tertiary/aromatic N) is 3. The van der Waals surface area contributed by atoms with Gasteiger partial charge < -0.3 is 10.1 Å². The standard InChI is InChI=1S/C14H11ClN4O5/c1-8-5-17-11(6-16-8)14(21)24-7-13(20)18-10-3-2-9(15)4-12(10)19(22)23/h2-6H,7H2,1H3,(H,18,20). The summed E-state index contributed by atoms with van der Waals surface area (Å²) in [5, 5.41) is 13.4. The molecule has 124 valence electrons. The number of rotatable bonds is 5. The largest absolute Gasteiger partial charge is 0.451 e. The van der Waals surface area contributed by atoms with Gasteiger partial charge in [-0.05, 0) is 19.1 Å². The highest BCUT2D eigenvalue weighted by molar-refractivity contribution is 6.31. The lowest BCUT2D eigenvalue weighted by molar-refractivity contribution is -0.383. The maximum atomic E-state index is 11.8. The Morgan fingerprint density at radius 3 is 2.71 bits per heavy atom. The van der Waals surface area contributed by atoms with Crippen molar-refractivity contribution in [2.24, 2.45) is 0 Å². The molecular formula is C14H11ClN4O5. The van der Waals surface area contributed by atoms with Crippen LogP contribution in [0, 0.1) is 17.0 Å². The van der Waals surface area contributed by atoms with Crippen molar-refractivity contribution in [2.45, 2.75) is 6.92 Å². The highest BCUT2D eigenvalue weighted by Gasteiger charge is 2.18. The van der Waals surface area contributed by atoms with Crippen molar-refractivity contribution in [3.63, 3.8) is 0 Å². The van der Waals surface area contributed by atoms with E-state index < -0.39 is 23.4 Å². The van der Waals surface area contributed by atoms with Crippen molar-refractivity contribution in [3.05, 3.63) is 57.1 Å². The molecule has 1 N–H and O–H groups in total. The number of halogens is 1. The molecule has 0 fully saturated rings. The Morgan fingerprint density at radius 2 is 2.08 bits per heavy atom. The Morgan fingerprint density at radius 1 is 1.33 bits per heavy atom. The fourth-order valence-corrected chi connectivity index (χ4v) is 1.82. The number of hydrogen-bond donors (Lipinski definition) is 1. The molecule has 0 saturated heterocycles. The summed E-state index contributed by atoms with van der Waals surface area (Å²) >= 11 is 5.68. The van der Waals surface area contributed by atoms with E-state index in [1.165, 1.54) is 24.5 Å². The highest BCUT2D eigenvalue weighted by Crippen LogP contribution is 2.27. The number of benzene rings is 1. The molecule has 0 spiro atoms. The summed E-state index contributed by atoms with van der Waals surface area (Å²) in [6.45, 7) is 1.07. The Labute approximate surface area is 140 Å². The first-order valence-electron chi connectivity index (χ1n) is 6.56. The third-order valence-corrected chi connectivity index (χ3v) is 2.99. The van der Waals surface area contributed by atoms with Gasteiger partial charge in [0, 0.05) is 17.3 Å². The van der Waals surface area contributed by atoms with Gasteiger partial charge in [-0.2, -0.15) is 0 Å². The smallest absolute Gasteiger partial charge is 0.359 e. The SMILES string of the molecule is Cc1cnc(C(=O)OCC(=O)Nc2ccc(Cl)cc2[N+](=O)[O-])cn1. The van der Waals surface area contributed by atoms with E-state index in [4.69, 9.17) is 16.3 Å². The first-order valence-corrected chi connectivity index (χ1v) is 6.94. The number of esters is 1. The van der Waals surface area contributed by atoms with Crippen LogP contribution in [-0.4, -0.2) is 33.4 Å². The predicted octanol–water partition coefficient (Wildman–Crippen LogP) is 2.14. The number of nitrogens with one attached hydrogen (secondary N) is 1. The summed E-state index contributed by atoms with van der Waals surface area (Å²) in [6.07, 6.45) is 2.60. The number of nitro benzene ring substituents is 1. The van der Waals surface area contributed by atoms with Crippen LogP contribution in [0.5, 0.6) is 0 Å². The molecule has 1 amide bonds. The summed E-state index contributed by atoms with van der Waals surface area (Å²) in [4.78, 5) is 41.4. The van der Waals surface area contributed by atoms with Gasteiger partial charge in [0.05, 0.1) is 16.8 Å². The number of aromatic nitrogens is 2. The zero-order chi connectivity index (χ0) is 17.7. The van der Waals surface area contributed by atoms with Gasteiger partial charge in [-0.15, -0.1) is 0 Å². The van der Waals surface area contributed by atoms with Crippen LogP contribution in [0.15, 0.2) is 30.6 Å². The van der Waals surface area contributed by atoms with Crippen molar-refractivity contribution in [1.29, 1.82) is 0 Å². The van der Waals surface area contributed by atoms with E-state index in [1.807, 2.05) is 0 Å². The van der Waals surface area contributed by atoms with E-state index in [1.54, 1.807) is 6.92 Å². The third kappa shape index (κ3) is 4.46. The monoisotopic (exact) mass is 350 g/mol. The van der Waals surface area contributed by atoms with Crippen LogP contribution in [0.4, 0.5) is 11.4 Å². The van der Waals surface area contributed by atoms with Gasteiger partial charge in [-0.3, -0.25) is 19.9 Å². The normalized spacial score (nSPS) is 10.1. The average molecular weight is 351 g/mol. The number of anilines is 1. The summed E-state index contributed by atoms with van der Waals surface area (Å²) in [6, 6.07) is 3.77. The summed E-state index contributed by atoms with van der Waals surface area (Å²) < 4.78 is 4.78. The average Bonchev–Trinajstić information content (AvgIpc) is 2.54. The Kier molecular flexibility index (Phi) is 5.38. The van der Waals surface area contributed by atoms with Crippen LogP contribution in [0.25, 0.3) is 0 Å². The number of ether oxygens (including phenoxy) is 1. The fraction of sp³-hybridized carbons (Fsp3) is 0.143. The topological polar surface area (TPSA) is 124 Å². The Bertz CT molecular complexity index is 794. The van der Waals surface area contributed by atoms with Crippen LogP contribution in [0.3, 0.4) is 0 Å². The van der Waals surface area contributed by atoms with E-state index in [0.717, 1.165) is 6.07 Å². The second kappa shape index (κ2) is 7.47. The molecule has 2 rings (SSSR count). The lowest BCUT2D eigenvalue weighted by atomic mass is 10.2. The van der Waals surface area contributed by atoms with Crippen LogP contribution >= 0.6 is 11.6 Å². The molecule has 1 aromatic heterocycles. The number of nitro groups is 1. The molecule has 0 aliphatic heterocycles. The highest BCUT2D eigenvalue weighted by atomic mass is 35.5. The molecule has 0 unspecified atom stereocenters. The molecule has 24 heavy (non-hydrogen) atoms. The predicted molar refractivity (Wildman–Crippen MR) is 83.8 cm³/mol. The van der Waals surface area contributed by atoms with Crippen molar-refractivity contribution >= 4 is 34.9 Å². The summed E-state index contributed by atoms with van der Waals surface area (Å²) in [5.74, 6) is -1.57. The van der Waals surface area contributed by atoms with E-state index in [0.29, 0.717) is 5.69 Å². The number of carbonyl (C=O) groups is 2. The molecule has 1 aromatic carbocycles. The van der Waals surface area contributed by atoms with Crippen molar-refractivity contribution < 1.29 is 19.2 Å². The maximum Gasteiger partial charge on any atom is 0.359 e. The minimum atomic E-state index is -0.830. The first-order chi connectivity index (χ1) is 11.4. The van der Waals surface area contributed by atoms with E-state index in [-0.39, 0.29) is 22.1 Å². The van der Waals surface area contributed by atoms with Crippen LogP contribution in [-0.2, 0) is 9.53 Å². The lowest BCUT2D eigenvalue weighted by Crippen LogP contribution is -2.22. The van der Waals surface area contributed by atoms with E-state index >= 15 is 0 Å². The molecule has 1 heterocycles. The van der Waals surface area contributed by atoms with E-state index in [2.05, 4.69) is 15.3 Å².